The number of para-hydroxylation sites is 1. The van der Waals surface area contributed by atoms with Crippen molar-refractivity contribution >= 4 is 5.82 Å². The van der Waals surface area contributed by atoms with Crippen molar-refractivity contribution < 1.29 is 9.47 Å². The number of hydrogen-bond acceptors (Lipinski definition) is 6. The summed E-state index contributed by atoms with van der Waals surface area (Å²) in [7, 11) is 1.40. The predicted molar refractivity (Wildman–Crippen MR) is 85.8 cm³/mol. The minimum atomic E-state index is -0.0618. The van der Waals surface area contributed by atoms with Gasteiger partial charge in [-0.1, -0.05) is 18.2 Å². The molecule has 0 spiro atoms. The Bertz CT molecular complexity index is 817. The Kier molecular flexibility index (Phi) is 4.68. The maximum Gasteiger partial charge on any atom is 0.234 e. The molecule has 1 heterocycles. The van der Waals surface area contributed by atoms with Crippen LogP contribution in [0.1, 0.15) is 25.0 Å². The summed E-state index contributed by atoms with van der Waals surface area (Å²) < 4.78 is 10.9. The Morgan fingerprint density at radius 2 is 1.78 bits per heavy atom. The molecule has 0 aliphatic heterocycles. The summed E-state index contributed by atoms with van der Waals surface area (Å²) in [5.74, 6) is 0.652. The molecule has 6 nitrogen and oxygen atoms in total. The molecule has 0 fully saturated rings. The lowest BCUT2D eigenvalue weighted by molar-refractivity contribution is 0.243. The smallest absolute Gasteiger partial charge is 0.234 e. The monoisotopic (exact) mass is 308 g/mol. The topological polar surface area (TPSA) is 105 Å². The van der Waals surface area contributed by atoms with Crippen molar-refractivity contribution in [2.75, 3.05) is 12.8 Å². The van der Waals surface area contributed by atoms with Crippen molar-refractivity contribution in [1.29, 1.82) is 10.5 Å². The molecule has 1 aromatic heterocycles. The molecule has 0 aliphatic carbocycles. The van der Waals surface area contributed by atoms with Gasteiger partial charge in [-0.2, -0.15) is 15.5 Å². The van der Waals surface area contributed by atoms with Crippen molar-refractivity contribution in [1.82, 2.24) is 4.98 Å². The third-order valence-corrected chi connectivity index (χ3v) is 3.13. The van der Waals surface area contributed by atoms with E-state index in [1.54, 1.807) is 18.2 Å². The van der Waals surface area contributed by atoms with E-state index in [0.717, 1.165) is 0 Å². The van der Waals surface area contributed by atoms with Crippen molar-refractivity contribution in [3.05, 3.63) is 35.4 Å². The minimum Gasteiger partial charge on any atom is -0.490 e. The van der Waals surface area contributed by atoms with E-state index in [9.17, 15) is 10.5 Å². The lowest BCUT2D eigenvalue weighted by Crippen LogP contribution is -2.08. The lowest BCUT2D eigenvalue weighted by atomic mass is 9.95. The molecule has 0 atom stereocenters. The number of methoxy groups -OCH3 is 1. The number of aromatic nitrogens is 1. The van der Waals surface area contributed by atoms with Crippen LogP contribution in [0.5, 0.6) is 11.6 Å². The molecular weight excluding hydrogens is 292 g/mol. The summed E-state index contributed by atoms with van der Waals surface area (Å²) in [6.07, 6.45) is -0.0618. The maximum atomic E-state index is 9.51. The molecule has 0 aliphatic rings. The summed E-state index contributed by atoms with van der Waals surface area (Å²) in [6.45, 7) is 3.80. The van der Waals surface area contributed by atoms with Gasteiger partial charge >= 0.3 is 0 Å². The average molecular weight is 308 g/mol. The van der Waals surface area contributed by atoms with Gasteiger partial charge in [0, 0.05) is 11.1 Å². The summed E-state index contributed by atoms with van der Waals surface area (Å²) in [5, 5.41) is 19.0. The van der Waals surface area contributed by atoms with Crippen LogP contribution in [0.15, 0.2) is 24.3 Å². The summed E-state index contributed by atoms with van der Waals surface area (Å²) in [4.78, 5) is 3.98. The standard InChI is InChI=1S/C17H16N4O2/c1-10(2)23-14-7-5-4-6-11(14)15-12(8-18)16(20)21-17(22-3)13(15)9-19/h4-7,10H,1-3H3,(H2,20,21). The molecule has 0 bridgehead atoms. The van der Waals surface area contributed by atoms with Gasteiger partial charge in [-0.05, 0) is 19.9 Å². The number of nitrogen functional groups attached to an aromatic ring is 1. The average Bonchev–Trinajstić information content (AvgIpc) is 2.53. The SMILES string of the molecule is COc1nc(N)c(C#N)c(-c2ccccc2OC(C)C)c1C#N. The molecule has 0 amide bonds. The van der Waals surface area contributed by atoms with Crippen LogP contribution in [-0.2, 0) is 0 Å². The molecule has 0 saturated heterocycles. The van der Waals surface area contributed by atoms with E-state index in [4.69, 9.17) is 15.2 Å². The van der Waals surface area contributed by atoms with Gasteiger partial charge in [0.2, 0.25) is 5.88 Å². The van der Waals surface area contributed by atoms with Crippen LogP contribution in [0.3, 0.4) is 0 Å². The van der Waals surface area contributed by atoms with Gasteiger partial charge in [-0.3, -0.25) is 0 Å². The number of nitrogens with two attached hydrogens (primary N) is 1. The van der Waals surface area contributed by atoms with E-state index >= 15 is 0 Å². The van der Waals surface area contributed by atoms with Gasteiger partial charge in [-0.15, -0.1) is 0 Å². The van der Waals surface area contributed by atoms with E-state index in [1.807, 2.05) is 32.1 Å². The first kappa shape index (κ1) is 16.1. The summed E-state index contributed by atoms with van der Waals surface area (Å²) in [6, 6.07) is 11.2. The highest BCUT2D eigenvalue weighted by atomic mass is 16.5. The zero-order valence-electron chi connectivity index (χ0n) is 13.1. The second kappa shape index (κ2) is 6.67. The number of anilines is 1. The zero-order valence-corrected chi connectivity index (χ0v) is 13.1. The first-order chi connectivity index (χ1) is 11.0. The quantitative estimate of drug-likeness (QED) is 0.931. The number of nitrogens with zero attached hydrogens (tertiary/aromatic N) is 3. The molecule has 2 aromatic rings. The van der Waals surface area contributed by atoms with Gasteiger partial charge in [0.05, 0.1) is 13.2 Å². The molecule has 23 heavy (non-hydrogen) atoms. The third kappa shape index (κ3) is 3.02. The number of benzene rings is 1. The van der Waals surface area contributed by atoms with Gasteiger partial charge in [0.15, 0.2) is 0 Å². The van der Waals surface area contributed by atoms with Gasteiger partial charge in [-0.25, -0.2) is 0 Å². The Labute approximate surface area is 134 Å². The Balaban J connectivity index is 2.86. The largest absolute Gasteiger partial charge is 0.490 e. The second-order valence-electron chi connectivity index (χ2n) is 5.02. The van der Waals surface area contributed by atoms with Crippen LogP contribution in [0.2, 0.25) is 0 Å². The fourth-order valence-electron chi connectivity index (χ4n) is 2.25. The molecule has 0 unspecified atom stereocenters. The molecule has 2 N–H and O–H groups in total. The Morgan fingerprint density at radius 1 is 1.13 bits per heavy atom. The Morgan fingerprint density at radius 3 is 2.35 bits per heavy atom. The molecule has 0 radical (unpaired) electrons. The predicted octanol–water partition coefficient (Wildman–Crippen LogP) is 2.87. The summed E-state index contributed by atoms with van der Waals surface area (Å²) >= 11 is 0. The van der Waals surface area contributed by atoms with E-state index in [2.05, 4.69) is 4.98 Å². The highest BCUT2D eigenvalue weighted by molar-refractivity contribution is 5.85. The number of pyridine rings is 1. The molecule has 2 rings (SSSR count). The zero-order chi connectivity index (χ0) is 17.0. The highest BCUT2D eigenvalue weighted by Gasteiger charge is 2.23. The first-order valence-corrected chi connectivity index (χ1v) is 6.97. The van der Waals surface area contributed by atoms with Crippen LogP contribution >= 0.6 is 0 Å². The number of ether oxygens (including phenoxy) is 2. The maximum absolute atomic E-state index is 9.51. The van der Waals surface area contributed by atoms with E-state index in [0.29, 0.717) is 16.9 Å². The molecule has 0 saturated carbocycles. The van der Waals surface area contributed by atoms with Crippen LogP contribution in [0, 0.1) is 22.7 Å². The van der Waals surface area contributed by atoms with Gasteiger partial charge in [0.1, 0.15) is 34.8 Å². The van der Waals surface area contributed by atoms with Crippen LogP contribution in [0.4, 0.5) is 5.82 Å². The first-order valence-electron chi connectivity index (χ1n) is 6.97. The van der Waals surface area contributed by atoms with Crippen molar-refractivity contribution in [2.24, 2.45) is 0 Å². The fraction of sp³-hybridized carbons (Fsp3) is 0.235. The van der Waals surface area contributed by atoms with Crippen molar-refractivity contribution in [3.8, 4) is 34.9 Å². The molecular formula is C17H16N4O2. The second-order valence-corrected chi connectivity index (χ2v) is 5.02. The molecule has 1 aromatic carbocycles. The van der Waals surface area contributed by atoms with Crippen LogP contribution in [-0.4, -0.2) is 18.2 Å². The third-order valence-electron chi connectivity index (χ3n) is 3.13. The van der Waals surface area contributed by atoms with Crippen molar-refractivity contribution in [3.63, 3.8) is 0 Å². The lowest BCUT2D eigenvalue weighted by Gasteiger charge is -2.17. The molecule has 116 valence electrons. The Hall–Kier alpha value is -3.25. The van der Waals surface area contributed by atoms with Gasteiger partial charge < -0.3 is 15.2 Å². The van der Waals surface area contributed by atoms with E-state index in [-0.39, 0.29) is 28.9 Å². The normalized spacial score (nSPS) is 10.0. The molecule has 6 heteroatoms. The number of hydrogen-bond donors (Lipinski definition) is 1. The van der Waals surface area contributed by atoms with Crippen LogP contribution in [0.25, 0.3) is 11.1 Å². The van der Waals surface area contributed by atoms with E-state index in [1.165, 1.54) is 7.11 Å². The van der Waals surface area contributed by atoms with Crippen LogP contribution < -0.4 is 15.2 Å². The highest BCUT2D eigenvalue weighted by Crippen LogP contribution is 2.39. The number of rotatable bonds is 4. The van der Waals surface area contributed by atoms with Crippen molar-refractivity contribution in [2.45, 2.75) is 20.0 Å². The summed E-state index contributed by atoms with van der Waals surface area (Å²) in [5.41, 5.74) is 7.10. The van der Waals surface area contributed by atoms with E-state index < -0.39 is 0 Å². The number of nitriles is 2. The minimum absolute atomic E-state index is 0.0118. The van der Waals surface area contributed by atoms with Gasteiger partial charge in [0.25, 0.3) is 0 Å². The fourth-order valence-corrected chi connectivity index (χ4v) is 2.25.